The number of hydrogen-bond acceptors (Lipinski definition) is 2. The standard InChI is InChI=1S/C5H4O3.2ClH/c6-5(7)4-1-2-8-3-4;;/h1-3H,(H,6,7);2*1H. The predicted octanol–water partition coefficient (Wildman–Crippen LogP) is 1.82. The third-order valence-electron chi connectivity index (χ3n) is 0.768. The minimum absolute atomic E-state index is 0. The molecule has 1 aromatic heterocycles. The van der Waals surface area contributed by atoms with Gasteiger partial charge in [-0.05, 0) is 6.07 Å². The van der Waals surface area contributed by atoms with E-state index in [4.69, 9.17) is 5.11 Å². The Morgan fingerprint density at radius 2 is 2.10 bits per heavy atom. The molecule has 1 aromatic rings. The first kappa shape index (κ1) is 12.0. The molecule has 0 aromatic carbocycles. The van der Waals surface area contributed by atoms with Crippen molar-refractivity contribution < 1.29 is 14.3 Å². The van der Waals surface area contributed by atoms with Gasteiger partial charge in [0, 0.05) is 0 Å². The van der Waals surface area contributed by atoms with E-state index in [0.29, 0.717) is 0 Å². The molecule has 5 heteroatoms. The maximum absolute atomic E-state index is 10.0. The number of carbonyl (C=O) groups is 1. The van der Waals surface area contributed by atoms with Crippen LogP contribution in [0.25, 0.3) is 0 Å². The summed E-state index contributed by atoms with van der Waals surface area (Å²) in [6.07, 6.45) is 2.51. The van der Waals surface area contributed by atoms with Gasteiger partial charge in [-0.15, -0.1) is 24.8 Å². The van der Waals surface area contributed by atoms with Crippen LogP contribution in [0.5, 0.6) is 0 Å². The second-order valence-corrected chi connectivity index (χ2v) is 1.32. The summed E-state index contributed by atoms with van der Waals surface area (Å²) >= 11 is 0. The molecule has 0 bridgehead atoms. The lowest BCUT2D eigenvalue weighted by Gasteiger charge is -1.77. The zero-order valence-corrected chi connectivity index (χ0v) is 6.45. The SMILES string of the molecule is Cl.Cl.O=C(O)c1ccoc1. The Morgan fingerprint density at radius 1 is 1.50 bits per heavy atom. The summed E-state index contributed by atoms with van der Waals surface area (Å²) in [7, 11) is 0. The molecule has 0 amide bonds. The average molecular weight is 185 g/mol. The third-order valence-corrected chi connectivity index (χ3v) is 0.768. The molecular weight excluding hydrogens is 179 g/mol. The van der Waals surface area contributed by atoms with E-state index < -0.39 is 5.97 Å². The van der Waals surface area contributed by atoms with Gasteiger partial charge >= 0.3 is 5.97 Å². The van der Waals surface area contributed by atoms with E-state index in [0.717, 1.165) is 0 Å². The van der Waals surface area contributed by atoms with Crippen LogP contribution in [0.1, 0.15) is 10.4 Å². The minimum Gasteiger partial charge on any atom is -0.478 e. The summed E-state index contributed by atoms with van der Waals surface area (Å²) < 4.78 is 4.49. The Balaban J connectivity index is 0. The van der Waals surface area contributed by atoms with Crippen LogP contribution in [0, 0.1) is 0 Å². The van der Waals surface area contributed by atoms with Gasteiger partial charge in [0.2, 0.25) is 0 Å². The molecule has 1 rings (SSSR count). The van der Waals surface area contributed by atoms with Crippen molar-refractivity contribution in [3.8, 4) is 0 Å². The molecule has 1 heterocycles. The van der Waals surface area contributed by atoms with Crippen molar-refractivity contribution in [1.82, 2.24) is 0 Å². The Hall–Kier alpha value is -0.670. The highest BCUT2D eigenvalue weighted by Gasteiger charge is 2.00. The monoisotopic (exact) mass is 184 g/mol. The number of hydrogen-bond donors (Lipinski definition) is 1. The van der Waals surface area contributed by atoms with E-state index in [9.17, 15) is 4.79 Å². The predicted molar refractivity (Wildman–Crippen MR) is 40.2 cm³/mol. The molecule has 0 spiro atoms. The van der Waals surface area contributed by atoms with E-state index in [1.165, 1.54) is 18.6 Å². The van der Waals surface area contributed by atoms with E-state index in [-0.39, 0.29) is 30.4 Å². The maximum atomic E-state index is 10.0. The summed E-state index contributed by atoms with van der Waals surface area (Å²) in [5.41, 5.74) is 0.185. The quantitative estimate of drug-likeness (QED) is 0.725. The molecular formula is C5H6Cl2O3. The Labute approximate surface area is 69.9 Å². The number of carboxylic acid groups (broad SMARTS) is 1. The summed E-state index contributed by atoms with van der Waals surface area (Å²) in [6.45, 7) is 0. The summed E-state index contributed by atoms with van der Waals surface area (Å²) in [6, 6.07) is 1.39. The molecule has 0 aliphatic carbocycles. The highest BCUT2D eigenvalue weighted by molar-refractivity contribution is 5.86. The zero-order valence-electron chi connectivity index (χ0n) is 4.81. The maximum Gasteiger partial charge on any atom is 0.338 e. The second-order valence-electron chi connectivity index (χ2n) is 1.32. The fraction of sp³-hybridized carbons (Fsp3) is 0. The molecule has 0 aliphatic heterocycles. The first-order chi connectivity index (χ1) is 3.80. The van der Waals surface area contributed by atoms with Crippen molar-refractivity contribution in [2.75, 3.05) is 0 Å². The third kappa shape index (κ3) is 2.75. The van der Waals surface area contributed by atoms with Crippen molar-refractivity contribution in [1.29, 1.82) is 0 Å². The van der Waals surface area contributed by atoms with Gasteiger partial charge in [0.25, 0.3) is 0 Å². The lowest BCUT2D eigenvalue weighted by Crippen LogP contribution is -1.90. The summed E-state index contributed by atoms with van der Waals surface area (Å²) in [5.74, 6) is -0.959. The Bertz CT molecular complexity index is 183. The largest absolute Gasteiger partial charge is 0.478 e. The van der Waals surface area contributed by atoms with Gasteiger partial charge in [-0.1, -0.05) is 0 Å². The lowest BCUT2D eigenvalue weighted by molar-refractivity contribution is 0.0696. The molecule has 0 radical (unpaired) electrons. The summed E-state index contributed by atoms with van der Waals surface area (Å²) in [4.78, 5) is 10.0. The lowest BCUT2D eigenvalue weighted by atomic mass is 10.4. The van der Waals surface area contributed by atoms with Crippen LogP contribution in [-0.2, 0) is 0 Å². The number of rotatable bonds is 1. The molecule has 1 N–H and O–H groups in total. The molecule has 0 fully saturated rings. The Kier molecular flexibility index (Phi) is 6.20. The topological polar surface area (TPSA) is 50.4 Å². The molecule has 0 unspecified atom stereocenters. The highest BCUT2D eigenvalue weighted by atomic mass is 35.5. The number of carboxylic acids is 1. The van der Waals surface area contributed by atoms with Crippen LogP contribution in [0.2, 0.25) is 0 Å². The van der Waals surface area contributed by atoms with Gasteiger partial charge in [-0.2, -0.15) is 0 Å². The highest BCUT2D eigenvalue weighted by Crippen LogP contribution is 1.97. The van der Waals surface area contributed by atoms with Crippen LogP contribution >= 0.6 is 24.8 Å². The van der Waals surface area contributed by atoms with Crippen LogP contribution in [0.4, 0.5) is 0 Å². The second kappa shape index (κ2) is 5.14. The molecule has 0 atom stereocenters. The van der Waals surface area contributed by atoms with Crippen LogP contribution < -0.4 is 0 Å². The normalized spacial score (nSPS) is 7.20. The van der Waals surface area contributed by atoms with Crippen LogP contribution in [0.3, 0.4) is 0 Å². The molecule has 0 aliphatic rings. The first-order valence-corrected chi connectivity index (χ1v) is 2.06. The molecule has 3 nitrogen and oxygen atoms in total. The molecule has 0 saturated heterocycles. The van der Waals surface area contributed by atoms with Crippen LogP contribution in [-0.4, -0.2) is 11.1 Å². The molecule has 0 saturated carbocycles. The van der Waals surface area contributed by atoms with Crippen molar-refractivity contribution in [2.24, 2.45) is 0 Å². The minimum atomic E-state index is -0.959. The van der Waals surface area contributed by atoms with Crippen molar-refractivity contribution >= 4 is 30.8 Å². The van der Waals surface area contributed by atoms with Crippen molar-refractivity contribution in [2.45, 2.75) is 0 Å². The van der Waals surface area contributed by atoms with E-state index in [1.54, 1.807) is 0 Å². The van der Waals surface area contributed by atoms with E-state index >= 15 is 0 Å². The van der Waals surface area contributed by atoms with Gasteiger partial charge in [0.1, 0.15) is 6.26 Å². The smallest absolute Gasteiger partial charge is 0.338 e. The Morgan fingerprint density at radius 3 is 2.30 bits per heavy atom. The number of aromatic carboxylic acids is 1. The van der Waals surface area contributed by atoms with Gasteiger partial charge in [-0.25, -0.2) is 4.79 Å². The van der Waals surface area contributed by atoms with Crippen molar-refractivity contribution in [3.05, 3.63) is 24.2 Å². The molecule has 10 heavy (non-hydrogen) atoms. The first-order valence-electron chi connectivity index (χ1n) is 2.06. The zero-order chi connectivity index (χ0) is 5.98. The van der Waals surface area contributed by atoms with Crippen LogP contribution in [0.15, 0.2) is 23.0 Å². The number of halogens is 2. The molecule has 58 valence electrons. The fourth-order valence-electron chi connectivity index (χ4n) is 0.386. The fourth-order valence-corrected chi connectivity index (χ4v) is 0.386. The van der Waals surface area contributed by atoms with Gasteiger partial charge in [-0.3, -0.25) is 0 Å². The van der Waals surface area contributed by atoms with Gasteiger partial charge < -0.3 is 9.52 Å². The van der Waals surface area contributed by atoms with Gasteiger partial charge in [0.15, 0.2) is 0 Å². The van der Waals surface area contributed by atoms with Crippen molar-refractivity contribution in [3.63, 3.8) is 0 Å². The van der Waals surface area contributed by atoms with E-state index in [1.807, 2.05) is 0 Å². The van der Waals surface area contributed by atoms with Gasteiger partial charge in [0.05, 0.1) is 11.8 Å². The summed E-state index contributed by atoms with van der Waals surface area (Å²) in [5, 5.41) is 8.21. The number of furan rings is 1. The van der Waals surface area contributed by atoms with E-state index in [2.05, 4.69) is 4.42 Å². The average Bonchev–Trinajstić information content (AvgIpc) is 2.12.